The Bertz CT molecular complexity index is 1130. The number of nitrogens with zero attached hydrogens (tertiary/aromatic N) is 3. The molecule has 1 atom stereocenters. The number of hydrogen-bond acceptors (Lipinski definition) is 3. The van der Waals surface area contributed by atoms with Crippen LogP contribution < -0.4 is 5.69 Å². The molecular formula is C21H18F4N4O2. The van der Waals surface area contributed by atoms with Crippen LogP contribution in [0.4, 0.5) is 17.6 Å². The van der Waals surface area contributed by atoms with E-state index in [1.54, 1.807) is 4.90 Å². The van der Waals surface area contributed by atoms with E-state index in [1.165, 1.54) is 36.4 Å². The van der Waals surface area contributed by atoms with Gasteiger partial charge in [0.1, 0.15) is 11.6 Å². The fourth-order valence-corrected chi connectivity index (χ4v) is 3.65. The Morgan fingerprint density at radius 1 is 1.06 bits per heavy atom. The zero-order chi connectivity index (χ0) is 22.2. The second-order valence-corrected chi connectivity index (χ2v) is 7.37. The molecular weight excluding hydrogens is 416 g/mol. The smallest absolute Gasteiger partial charge is 0.338 e. The van der Waals surface area contributed by atoms with Crippen LogP contribution in [0.2, 0.25) is 0 Å². The number of aromatic nitrogens is 3. The molecule has 0 aliphatic carbocycles. The fourth-order valence-electron chi connectivity index (χ4n) is 3.65. The van der Waals surface area contributed by atoms with Crippen LogP contribution in [0.1, 0.15) is 40.5 Å². The summed E-state index contributed by atoms with van der Waals surface area (Å²) in [5.41, 5.74) is -0.723. The van der Waals surface area contributed by atoms with Crippen molar-refractivity contribution < 1.29 is 22.4 Å². The molecule has 1 aliphatic rings. The lowest BCUT2D eigenvalue weighted by atomic mass is 9.96. The lowest BCUT2D eigenvalue weighted by Crippen LogP contribution is -2.39. The van der Waals surface area contributed by atoms with E-state index in [1.807, 2.05) is 0 Å². The Kier molecular flexibility index (Phi) is 5.38. The molecule has 1 fully saturated rings. The topological polar surface area (TPSA) is 71.0 Å². The van der Waals surface area contributed by atoms with Gasteiger partial charge in [0.15, 0.2) is 0 Å². The lowest BCUT2D eigenvalue weighted by molar-refractivity contribution is -0.137. The summed E-state index contributed by atoms with van der Waals surface area (Å²) in [4.78, 5) is 29.3. The molecule has 1 aromatic heterocycles. The van der Waals surface area contributed by atoms with Crippen molar-refractivity contribution in [2.24, 2.45) is 0 Å². The predicted octanol–water partition coefficient (Wildman–Crippen LogP) is 3.74. The number of alkyl halides is 3. The normalized spacial score (nSPS) is 17.0. The Balaban J connectivity index is 1.51. The lowest BCUT2D eigenvalue weighted by Gasteiger charge is -2.31. The van der Waals surface area contributed by atoms with Crippen LogP contribution in [0.15, 0.2) is 53.3 Å². The number of amides is 1. The van der Waals surface area contributed by atoms with Crippen molar-refractivity contribution in [2.45, 2.75) is 24.9 Å². The molecule has 2 aromatic carbocycles. The molecule has 6 nitrogen and oxygen atoms in total. The highest BCUT2D eigenvalue weighted by Gasteiger charge is 2.31. The molecule has 0 radical (unpaired) electrons. The number of aromatic amines is 1. The van der Waals surface area contributed by atoms with Crippen LogP contribution in [0.3, 0.4) is 0 Å². The van der Waals surface area contributed by atoms with Gasteiger partial charge in [-0.05, 0) is 61.4 Å². The van der Waals surface area contributed by atoms with Crippen LogP contribution in [-0.4, -0.2) is 38.7 Å². The second kappa shape index (κ2) is 8.01. The van der Waals surface area contributed by atoms with Gasteiger partial charge in [0, 0.05) is 24.6 Å². The van der Waals surface area contributed by atoms with Crippen LogP contribution in [-0.2, 0) is 6.18 Å². The number of carbonyl (C=O) groups is 1. The van der Waals surface area contributed by atoms with Gasteiger partial charge in [-0.3, -0.25) is 9.78 Å². The minimum absolute atomic E-state index is 0.166. The second-order valence-electron chi connectivity index (χ2n) is 7.37. The quantitative estimate of drug-likeness (QED) is 0.639. The first-order chi connectivity index (χ1) is 14.7. The molecule has 0 bridgehead atoms. The molecule has 162 valence electrons. The molecule has 3 aromatic rings. The fraction of sp³-hybridized carbons (Fsp3) is 0.286. The highest BCUT2D eigenvalue weighted by Crippen LogP contribution is 2.30. The Morgan fingerprint density at radius 3 is 2.39 bits per heavy atom. The van der Waals surface area contributed by atoms with Crippen molar-refractivity contribution in [3.05, 3.63) is 81.8 Å². The maximum atomic E-state index is 13.1. The number of H-pyrrole nitrogens is 1. The molecule has 0 saturated carbocycles. The molecule has 10 heteroatoms. The Hall–Kier alpha value is -3.43. The Morgan fingerprint density at radius 2 is 1.74 bits per heavy atom. The number of benzene rings is 2. The number of hydrogen-bond donors (Lipinski definition) is 1. The predicted molar refractivity (Wildman–Crippen MR) is 103 cm³/mol. The van der Waals surface area contributed by atoms with Gasteiger partial charge in [0.05, 0.1) is 11.3 Å². The first-order valence-corrected chi connectivity index (χ1v) is 9.64. The number of halogens is 4. The third kappa shape index (κ3) is 4.37. The highest BCUT2D eigenvalue weighted by molar-refractivity contribution is 5.94. The molecule has 1 saturated heterocycles. The summed E-state index contributed by atoms with van der Waals surface area (Å²) in [5.74, 6) is -0.642. The van der Waals surface area contributed by atoms with Crippen LogP contribution in [0.25, 0.3) is 5.69 Å². The summed E-state index contributed by atoms with van der Waals surface area (Å²) in [6.07, 6.45) is -3.12. The molecule has 1 amide bonds. The Labute approximate surface area is 174 Å². The standard InChI is InChI=1S/C21H18F4N4O2/c22-16-7-9-17(10-8-16)29-20(31)26-18(27-29)14-2-1-11-28(12-14)19(30)13-3-5-15(6-4-13)21(23,24)25/h3-10,14H,1-2,11-12H2,(H,26,27,31). The van der Waals surface area contributed by atoms with Crippen molar-refractivity contribution in [1.29, 1.82) is 0 Å². The summed E-state index contributed by atoms with van der Waals surface area (Å²) in [6.45, 7) is 0.732. The maximum absolute atomic E-state index is 13.1. The van der Waals surface area contributed by atoms with E-state index in [0.29, 0.717) is 30.9 Å². The summed E-state index contributed by atoms with van der Waals surface area (Å²) >= 11 is 0. The van der Waals surface area contributed by atoms with Crippen molar-refractivity contribution in [3.63, 3.8) is 0 Å². The molecule has 31 heavy (non-hydrogen) atoms. The van der Waals surface area contributed by atoms with Gasteiger partial charge >= 0.3 is 11.9 Å². The number of piperidine rings is 1. The minimum Gasteiger partial charge on any atom is -0.338 e. The molecule has 4 rings (SSSR count). The van der Waals surface area contributed by atoms with Gasteiger partial charge in [-0.1, -0.05) is 0 Å². The maximum Gasteiger partial charge on any atom is 0.416 e. The SMILES string of the molecule is O=C(c1ccc(C(F)(F)F)cc1)N1CCCC(c2nn(-c3ccc(F)cc3)c(=O)[nH]2)C1. The van der Waals surface area contributed by atoms with Crippen molar-refractivity contribution in [2.75, 3.05) is 13.1 Å². The van der Waals surface area contributed by atoms with Crippen LogP contribution in [0, 0.1) is 5.82 Å². The minimum atomic E-state index is -4.47. The first kappa shape index (κ1) is 20.8. The van der Waals surface area contributed by atoms with E-state index < -0.39 is 23.2 Å². The summed E-state index contributed by atoms with van der Waals surface area (Å²) in [5, 5.41) is 4.30. The highest BCUT2D eigenvalue weighted by atomic mass is 19.4. The third-order valence-electron chi connectivity index (χ3n) is 5.26. The van der Waals surface area contributed by atoms with Crippen molar-refractivity contribution >= 4 is 5.91 Å². The molecule has 0 spiro atoms. The average molecular weight is 434 g/mol. The average Bonchev–Trinajstić information content (AvgIpc) is 3.15. The molecule has 2 heterocycles. The molecule has 1 unspecified atom stereocenters. The summed E-state index contributed by atoms with van der Waals surface area (Å²) < 4.78 is 52.5. The van der Waals surface area contributed by atoms with E-state index in [2.05, 4.69) is 10.1 Å². The van der Waals surface area contributed by atoms with Gasteiger partial charge < -0.3 is 4.90 Å². The van der Waals surface area contributed by atoms with Crippen molar-refractivity contribution in [3.8, 4) is 5.69 Å². The zero-order valence-electron chi connectivity index (χ0n) is 16.2. The summed E-state index contributed by atoms with van der Waals surface area (Å²) in [7, 11) is 0. The van der Waals surface area contributed by atoms with Gasteiger partial charge in [-0.2, -0.15) is 17.9 Å². The number of nitrogens with one attached hydrogen (secondary N) is 1. The van der Waals surface area contributed by atoms with Gasteiger partial charge in [0.25, 0.3) is 5.91 Å². The van der Waals surface area contributed by atoms with E-state index >= 15 is 0 Å². The third-order valence-corrected chi connectivity index (χ3v) is 5.26. The number of rotatable bonds is 3. The number of carbonyl (C=O) groups excluding carboxylic acids is 1. The van der Waals surface area contributed by atoms with E-state index in [0.717, 1.165) is 16.8 Å². The van der Waals surface area contributed by atoms with E-state index in [9.17, 15) is 27.2 Å². The van der Waals surface area contributed by atoms with E-state index in [-0.39, 0.29) is 23.9 Å². The van der Waals surface area contributed by atoms with Crippen molar-refractivity contribution in [1.82, 2.24) is 19.7 Å². The van der Waals surface area contributed by atoms with Gasteiger partial charge in [-0.25, -0.2) is 9.18 Å². The zero-order valence-corrected chi connectivity index (χ0v) is 16.2. The monoisotopic (exact) mass is 434 g/mol. The van der Waals surface area contributed by atoms with Gasteiger partial charge in [0.2, 0.25) is 0 Å². The molecule has 1 aliphatic heterocycles. The summed E-state index contributed by atoms with van der Waals surface area (Å²) in [6, 6.07) is 9.42. The first-order valence-electron chi connectivity index (χ1n) is 9.64. The molecule has 1 N–H and O–H groups in total. The van der Waals surface area contributed by atoms with Crippen LogP contribution >= 0.6 is 0 Å². The van der Waals surface area contributed by atoms with Gasteiger partial charge in [-0.15, -0.1) is 5.10 Å². The number of likely N-dealkylation sites (tertiary alicyclic amines) is 1. The van der Waals surface area contributed by atoms with Crippen LogP contribution in [0.5, 0.6) is 0 Å². The largest absolute Gasteiger partial charge is 0.416 e. The van der Waals surface area contributed by atoms with E-state index in [4.69, 9.17) is 0 Å².